The van der Waals surface area contributed by atoms with E-state index in [0.29, 0.717) is 39.1 Å². The van der Waals surface area contributed by atoms with Crippen LogP contribution in [0, 0.1) is 11.8 Å². The molecule has 2 aliphatic rings. The van der Waals surface area contributed by atoms with Crippen molar-refractivity contribution >= 4 is 35.0 Å². The molecule has 0 saturated carbocycles. The summed E-state index contributed by atoms with van der Waals surface area (Å²) in [5.74, 6) is -2.93. The second-order valence-corrected chi connectivity index (χ2v) is 9.09. The number of benzene rings is 2. The molecule has 1 saturated heterocycles. The molecule has 0 spiro atoms. The first-order valence-electron chi connectivity index (χ1n) is 10.5. The van der Waals surface area contributed by atoms with Crippen LogP contribution in [-0.4, -0.2) is 24.0 Å². The van der Waals surface area contributed by atoms with Crippen molar-refractivity contribution in [3.8, 4) is 11.5 Å². The Balaban J connectivity index is 1.64. The van der Waals surface area contributed by atoms with Crippen LogP contribution in [0.25, 0.3) is 0 Å². The lowest BCUT2D eigenvalue weighted by Gasteiger charge is -2.37. The van der Waals surface area contributed by atoms with E-state index in [9.17, 15) is 22.8 Å². The van der Waals surface area contributed by atoms with Crippen LogP contribution in [0.1, 0.15) is 43.4 Å². The van der Waals surface area contributed by atoms with Crippen molar-refractivity contribution < 1.29 is 27.5 Å². The Morgan fingerprint density at radius 1 is 1.21 bits per heavy atom. The highest BCUT2D eigenvalue weighted by atomic mass is 35.5. The maximum Gasteiger partial charge on any atom is 0.408 e. The van der Waals surface area contributed by atoms with Gasteiger partial charge in [-0.1, -0.05) is 48.7 Å². The van der Waals surface area contributed by atoms with Gasteiger partial charge < -0.3 is 15.4 Å². The fraction of sp³-hybridized carbons (Fsp3) is 0.391. The molecule has 5 nitrogen and oxygen atoms in total. The van der Waals surface area contributed by atoms with Crippen molar-refractivity contribution in [3.63, 3.8) is 0 Å². The summed E-state index contributed by atoms with van der Waals surface area (Å²) in [5.41, 5.74) is 1.07. The lowest BCUT2D eigenvalue weighted by Crippen LogP contribution is -2.59. The number of nitrogens with one attached hydrogen (secondary N) is 2. The third-order valence-corrected chi connectivity index (χ3v) is 6.61. The van der Waals surface area contributed by atoms with Crippen LogP contribution in [-0.2, 0) is 9.59 Å². The summed E-state index contributed by atoms with van der Waals surface area (Å²) < 4.78 is 46.2. The summed E-state index contributed by atoms with van der Waals surface area (Å²) in [5, 5.41) is 5.61. The van der Waals surface area contributed by atoms with Gasteiger partial charge in [0.25, 0.3) is 0 Å². The van der Waals surface area contributed by atoms with E-state index in [1.165, 1.54) is 0 Å². The SMILES string of the molecule is CCCC1CC(C(=O)NC2c3ccc(Cl)cc3Oc3cccc(Cl)c32)C(=O)NC1C(F)(F)F. The number of carbonyl (C=O) groups excluding carboxylic acids is 2. The Morgan fingerprint density at radius 3 is 2.67 bits per heavy atom. The number of fused-ring (bicyclic) bond motifs is 2. The molecule has 4 rings (SSSR count). The van der Waals surface area contributed by atoms with Gasteiger partial charge in [-0.3, -0.25) is 9.59 Å². The number of halogens is 5. The number of amides is 2. The normalized spacial score (nSPS) is 24.2. The first-order valence-corrected chi connectivity index (χ1v) is 11.3. The molecule has 1 fully saturated rings. The van der Waals surface area contributed by atoms with E-state index < -0.39 is 41.9 Å². The summed E-state index contributed by atoms with van der Waals surface area (Å²) in [6, 6.07) is 7.19. The molecule has 0 radical (unpaired) electrons. The molecule has 2 aliphatic heterocycles. The largest absolute Gasteiger partial charge is 0.456 e. The molecule has 33 heavy (non-hydrogen) atoms. The Bertz CT molecular complexity index is 1090. The third-order valence-electron chi connectivity index (χ3n) is 6.05. The van der Waals surface area contributed by atoms with Crippen LogP contribution in [0.15, 0.2) is 36.4 Å². The molecule has 4 atom stereocenters. The van der Waals surface area contributed by atoms with Crippen LogP contribution in [0.2, 0.25) is 10.0 Å². The fourth-order valence-corrected chi connectivity index (χ4v) is 4.97. The summed E-state index contributed by atoms with van der Waals surface area (Å²) in [6.45, 7) is 1.77. The highest BCUT2D eigenvalue weighted by molar-refractivity contribution is 6.32. The topological polar surface area (TPSA) is 67.4 Å². The van der Waals surface area contributed by atoms with Gasteiger partial charge in [0, 0.05) is 21.2 Å². The highest BCUT2D eigenvalue weighted by Crippen LogP contribution is 2.47. The number of rotatable bonds is 4. The maximum atomic E-state index is 13.4. The molecule has 0 aliphatic carbocycles. The zero-order chi connectivity index (χ0) is 23.9. The fourth-order valence-electron chi connectivity index (χ4n) is 4.54. The van der Waals surface area contributed by atoms with Crippen molar-refractivity contribution in [1.29, 1.82) is 0 Å². The average molecular weight is 501 g/mol. The minimum Gasteiger partial charge on any atom is -0.456 e. The summed E-state index contributed by atoms with van der Waals surface area (Å²) >= 11 is 12.5. The molecule has 2 aromatic carbocycles. The number of piperidine rings is 1. The molecule has 176 valence electrons. The minimum atomic E-state index is -4.58. The van der Waals surface area contributed by atoms with Gasteiger partial charge in [-0.05, 0) is 43.0 Å². The van der Waals surface area contributed by atoms with Gasteiger partial charge in [0.05, 0.1) is 6.04 Å². The van der Waals surface area contributed by atoms with Gasteiger partial charge in [0.2, 0.25) is 11.8 Å². The molecule has 4 unspecified atom stereocenters. The van der Waals surface area contributed by atoms with Gasteiger partial charge in [-0.2, -0.15) is 13.2 Å². The van der Waals surface area contributed by atoms with Gasteiger partial charge >= 0.3 is 6.18 Å². The predicted octanol–water partition coefficient (Wildman–Crippen LogP) is 5.79. The Labute approximate surface area is 198 Å². The second kappa shape index (κ2) is 9.06. The molecule has 10 heteroatoms. The van der Waals surface area contributed by atoms with E-state index in [1.54, 1.807) is 43.3 Å². The van der Waals surface area contributed by atoms with E-state index in [2.05, 4.69) is 5.32 Å². The number of alkyl halides is 3. The van der Waals surface area contributed by atoms with Crippen LogP contribution < -0.4 is 15.4 Å². The Kier molecular flexibility index (Phi) is 6.51. The number of ether oxygens (including phenoxy) is 1. The lowest BCUT2D eigenvalue weighted by atomic mass is 9.80. The van der Waals surface area contributed by atoms with Crippen LogP contribution in [0.5, 0.6) is 11.5 Å². The number of hydrogen-bond donors (Lipinski definition) is 2. The number of carbonyl (C=O) groups is 2. The monoisotopic (exact) mass is 500 g/mol. The minimum absolute atomic E-state index is 0.193. The van der Waals surface area contributed by atoms with E-state index in [-0.39, 0.29) is 12.8 Å². The third kappa shape index (κ3) is 4.64. The Morgan fingerprint density at radius 2 is 1.97 bits per heavy atom. The summed E-state index contributed by atoms with van der Waals surface area (Å²) in [6.07, 6.45) is -4.04. The first-order chi connectivity index (χ1) is 15.6. The molecule has 2 amide bonds. The Hall–Kier alpha value is -2.45. The maximum absolute atomic E-state index is 13.4. The van der Waals surface area contributed by atoms with Crippen molar-refractivity contribution in [2.45, 2.75) is 44.4 Å². The average Bonchev–Trinajstić information content (AvgIpc) is 2.73. The molecular weight excluding hydrogens is 480 g/mol. The van der Waals surface area contributed by atoms with Gasteiger partial charge in [-0.15, -0.1) is 0 Å². The van der Waals surface area contributed by atoms with E-state index in [4.69, 9.17) is 27.9 Å². The zero-order valence-electron chi connectivity index (χ0n) is 17.5. The van der Waals surface area contributed by atoms with Gasteiger partial charge in [-0.25, -0.2) is 0 Å². The predicted molar refractivity (Wildman–Crippen MR) is 117 cm³/mol. The van der Waals surface area contributed by atoms with Crippen molar-refractivity contribution in [2.75, 3.05) is 0 Å². The smallest absolute Gasteiger partial charge is 0.408 e. The van der Waals surface area contributed by atoms with Crippen molar-refractivity contribution in [3.05, 3.63) is 57.6 Å². The van der Waals surface area contributed by atoms with Crippen LogP contribution in [0.3, 0.4) is 0 Å². The van der Waals surface area contributed by atoms with Crippen molar-refractivity contribution in [2.24, 2.45) is 11.8 Å². The van der Waals surface area contributed by atoms with Crippen LogP contribution in [0.4, 0.5) is 13.2 Å². The molecule has 0 bridgehead atoms. The van der Waals surface area contributed by atoms with Crippen molar-refractivity contribution in [1.82, 2.24) is 10.6 Å². The molecule has 2 heterocycles. The van der Waals surface area contributed by atoms with E-state index in [1.807, 2.05) is 5.32 Å². The standard InChI is InChI=1S/C23H21Cl2F3N2O3/c1-2-4-11-9-14(22(32)30-20(11)23(26,27)28)21(31)29-19-13-8-7-12(24)10-17(13)33-16-6-3-5-15(25)18(16)19/h3,5-8,10-11,14,19-20H,2,4,9H2,1H3,(H,29,31)(H,30,32). The van der Waals surface area contributed by atoms with Gasteiger partial charge in [0.1, 0.15) is 23.5 Å². The van der Waals surface area contributed by atoms with E-state index >= 15 is 0 Å². The van der Waals surface area contributed by atoms with Crippen LogP contribution >= 0.6 is 23.2 Å². The number of hydrogen-bond acceptors (Lipinski definition) is 3. The second-order valence-electron chi connectivity index (χ2n) is 8.24. The first kappa shape index (κ1) is 23.7. The van der Waals surface area contributed by atoms with E-state index in [0.717, 1.165) is 0 Å². The zero-order valence-corrected chi connectivity index (χ0v) is 19.0. The molecule has 2 N–H and O–H groups in total. The molecule has 0 aromatic heterocycles. The molecular formula is C23H21Cl2F3N2O3. The lowest BCUT2D eigenvalue weighted by molar-refractivity contribution is -0.182. The van der Waals surface area contributed by atoms with Gasteiger partial charge in [0.15, 0.2) is 0 Å². The summed E-state index contributed by atoms with van der Waals surface area (Å²) in [4.78, 5) is 25.8. The highest BCUT2D eigenvalue weighted by Gasteiger charge is 2.51. The quantitative estimate of drug-likeness (QED) is 0.522. The summed E-state index contributed by atoms with van der Waals surface area (Å²) in [7, 11) is 0. The molecule has 2 aromatic rings.